The molecule has 0 spiro atoms. The first-order valence-corrected chi connectivity index (χ1v) is 12.5. The number of carbonyl (C=O) groups is 2. The van der Waals surface area contributed by atoms with Gasteiger partial charge in [0.25, 0.3) is 5.89 Å². The molecule has 14 heteroatoms. The number of fused-ring (bicyclic) bond motifs is 1. The molecule has 4 aromatic rings. The lowest BCUT2D eigenvalue weighted by atomic mass is 9.83. The maximum Gasteiger partial charge on any atom is 0.417 e. The second kappa shape index (κ2) is 10.4. The van der Waals surface area contributed by atoms with Crippen molar-refractivity contribution in [1.29, 1.82) is 0 Å². The van der Waals surface area contributed by atoms with Crippen molar-refractivity contribution >= 4 is 52.2 Å². The molecule has 1 N–H and O–H groups in total. The molecule has 0 saturated carbocycles. The Balaban J connectivity index is 1.63. The lowest BCUT2D eigenvalue weighted by Crippen LogP contribution is -2.29. The van der Waals surface area contributed by atoms with E-state index in [-0.39, 0.29) is 61.9 Å². The second-order valence-electron chi connectivity index (χ2n) is 10.1. The fraction of sp³-hybridized carbons (Fsp3) is 0.320. The highest BCUT2D eigenvalue weighted by Gasteiger charge is 2.33. The standard InChI is InChI=1S/C25H20Cl3F3N4O4/c1-24(2,3)8-19(36)14(23(37)38)4-11-5-16(27)13(7-15(11)26)20-33-22(39-34-20)18-10-35-9-12(25(29,30)31)6-17(28)21(35)32-18/h5-7,9-10,14H,4,8H2,1-3H3,(H,37,38). The minimum absolute atomic E-state index is 0.00109. The van der Waals surface area contributed by atoms with Gasteiger partial charge in [-0.2, -0.15) is 18.2 Å². The van der Waals surface area contributed by atoms with E-state index in [0.29, 0.717) is 5.56 Å². The summed E-state index contributed by atoms with van der Waals surface area (Å²) in [7, 11) is 0. The average Bonchev–Trinajstić information content (AvgIpc) is 3.44. The third-order valence-corrected chi connectivity index (χ3v) is 6.61. The van der Waals surface area contributed by atoms with Gasteiger partial charge in [0.15, 0.2) is 5.65 Å². The van der Waals surface area contributed by atoms with Crippen LogP contribution in [0.4, 0.5) is 13.2 Å². The van der Waals surface area contributed by atoms with Gasteiger partial charge in [-0.05, 0) is 35.6 Å². The maximum absolute atomic E-state index is 13.1. The van der Waals surface area contributed by atoms with E-state index in [1.165, 1.54) is 18.3 Å². The summed E-state index contributed by atoms with van der Waals surface area (Å²) < 4.78 is 45.7. The van der Waals surface area contributed by atoms with Crippen molar-refractivity contribution in [3.8, 4) is 23.0 Å². The molecule has 0 aliphatic rings. The molecule has 0 saturated heterocycles. The number of aromatic nitrogens is 4. The SMILES string of the molecule is CC(C)(C)CC(=O)C(Cc1cc(Cl)c(-c2noc(-c3cn4cc(C(F)(F)F)cc(Cl)c4n3)n2)cc1Cl)C(=O)O. The number of carboxylic acids is 1. The summed E-state index contributed by atoms with van der Waals surface area (Å²) >= 11 is 18.8. The molecule has 0 aliphatic heterocycles. The molecular formula is C25H20Cl3F3N4O4. The highest BCUT2D eigenvalue weighted by atomic mass is 35.5. The van der Waals surface area contributed by atoms with Crippen LogP contribution in [0.15, 0.2) is 35.1 Å². The van der Waals surface area contributed by atoms with Gasteiger partial charge in [0.2, 0.25) is 5.82 Å². The van der Waals surface area contributed by atoms with Gasteiger partial charge in [0.1, 0.15) is 17.4 Å². The predicted octanol–water partition coefficient (Wildman–Crippen LogP) is 7.28. The number of rotatable bonds is 7. The molecule has 3 aromatic heterocycles. The van der Waals surface area contributed by atoms with Crippen molar-refractivity contribution in [1.82, 2.24) is 19.5 Å². The van der Waals surface area contributed by atoms with Gasteiger partial charge < -0.3 is 14.0 Å². The number of carbonyl (C=O) groups excluding carboxylic acids is 1. The number of hydrogen-bond acceptors (Lipinski definition) is 6. The zero-order valence-electron chi connectivity index (χ0n) is 20.6. The van der Waals surface area contributed by atoms with Gasteiger partial charge in [0.05, 0.1) is 15.6 Å². The molecule has 0 radical (unpaired) electrons. The monoisotopic (exact) mass is 602 g/mol. The van der Waals surface area contributed by atoms with E-state index >= 15 is 0 Å². The van der Waals surface area contributed by atoms with Crippen molar-refractivity contribution < 1.29 is 32.4 Å². The van der Waals surface area contributed by atoms with Gasteiger partial charge >= 0.3 is 12.1 Å². The molecular weight excluding hydrogens is 584 g/mol. The summed E-state index contributed by atoms with van der Waals surface area (Å²) in [5, 5.41) is 13.5. The Bertz CT molecular complexity index is 1590. The average molecular weight is 604 g/mol. The number of Topliss-reactive ketones (excluding diaryl/α,β-unsaturated/α-hetero) is 1. The zero-order chi connectivity index (χ0) is 28.9. The van der Waals surface area contributed by atoms with E-state index < -0.39 is 29.4 Å². The third kappa shape index (κ3) is 6.37. The normalized spacial score (nSPS) is 13.2. The first-order valence-electron chi connectivity index (χ1n) is 11.4. The Hall–Kier alpha value is -3.15. The summed E-state index contributed by atoms with van der Waals surface area (Å²) in [5.74, 6) is -3.11. The third-order valence-electron chi connectivity index (χ3n) is 5.67. The quantitative estimate of drug-likeness (QED) is 0.221. The highest BCUT2D eigenvalue weighted by Crippen LogP contribution is 2.36. The van der Waals surface area contributed by atoms with Crippen molar-refractivity contribution in [3.05, 3.63) is 56.8 Å². The smallest absolute Gasteiger partial charge is 0.417 e. The Kier molecular flexibility index (Phi) is 7.72. The van der Waals surface area contributed by atoms with Crippen molar-refractivity contribution in [3.63, 3.8) is 0 Å². The van der Waals surface area contributed by atoms with Gasteiger partial charge in [-0.25, -0.2) is 4.98 Å². The van der Waals surface area contributed by atoms with Crippen LogP contribution in [0, 0.1) is 11.3 Å². The van der Waals surface area contributed by atoms with Crippen molar-refractivity contribution in [2.45, 2.75) is 39.8 Å². The van der Waals surface area contributed by atoms with Crippen LogP contribution < -0.4 is 0 Å². The fourth-order valence-corrected chi connectivity index (χ4v) is 4.64. The summed E-state index contributed by atoms with van der Waals surface area (Å²) in [6, 6.07) is 3.61. The number of halogens is 6. The number of pyridine rings is 1. The highest BCUT2D eigenvalue weighted by molar-refractivity contribution is 6.36. The molecule has 0 bridgehead atoms. The van der Waals surface area contributed by atoms with Crippen molar-refractivity contribution in [2.24, 2.45) is 11.3 Å². The zero-order valence-corrected chi connectivity index (χ0v) is 22.9. The summed E-state index contributed by atoms with van der Waals surface area (Å²) in [6.07, 6.45) is -2.60. The number of carboxylic acid groups (broad SMARTS) is 1. The molecule has 4 rings (SSSR count). The maximum atomic E-state index is 13.1. The number of hydrogen-bond donors (Lipinski definition) is 1. The second-order valence-corrected chi connectivity index (χ2v) is 11.3. The van der Waals surface area contributed by atoms with E-state index in [2.05, 4.69) is 15.1 Å². The number of aliphatic carboxylic acids is 1. The van der Waals surface area contributed by atoms with E-state index in [9.17, 15) is 27.9 Å². The van der Waals surface area contributed by atoms with Gasteiger partial charge in [-0.15, -0.1) is 0 Å². The minimum atomic E-state index is -4.60. The Morgan fingerprint density at radius 2 is 1.72 bits per heavy atom. The van der Waals surface area contributed by atoms with Crippen LogP contribution in [0.3, 0.4) is 0 Å². The minimum Gasteiger partial charge on any atom is -0.481 e. The van der Waals surface area contributed by atoms with E-state index in [0.717, 1.165) is 16.7 Å². The first kappa shape index (κ1) is 28.8. The van der Waals surface area contributed by atoms with E-state index in [1.54, 1.807) is 0 Å². The number of benzene rings is 1. The van der Waals surface area contributed by atoms with Crippen LogP contribution in [0.25, 0.3) is 28.6 Å². The Morgan fingerprint density at radius 1 is 1.03 bits per heavy atom. The summed E-state index contributed by atoms with van der Waals surface area (Å²) in [5.41, 5.74) is -0.635. The number of ketones is 1. The van der Waals surface area contributed by atoms with Crippen LogP contribution in [0.5, 0.6) is 0 Å². The molecule has 1 aromatic carbocycles. The fourth-order valence-electron chi connectivity index (χ4n) is 3.87. The molecule has 206 valence electrons. The van der Waals surface area contributed by atoms with Crippen LogP contribution in [-0.4, -0.2) is 36.4 Å². The van der Waals surface area contributed by atoms with E-state index in [4.69, 9.17) is 39.3 Å². The van der Waals surface area contributed by atoms with Gasteiger partial charge in [-0.1, -0.05) is 60.7 Å². The van der Waals surface area contributed by atoms with Gasteiger partial charge in [0, 0.05) is 29.4 Å². The van der Waals surface area contributed by atoms with Crippen LogP contribution in [0.1, 0.15) is 38.3 Å². The Morgan fingerprint density at radius 3 is 2.33 bits per heavy atom. The molecule has 3 heterocycles. The molecule has 1 atom stereocenters. The molecule has 8 nitrogen and oxygen atoms in total. The Labute approximate surface area is 234 Å². The number of alkyl halides is 3. The summed E-state index contributed by atoms with van der Waals surface area (Å²) in [6.45, 7) is 5.51. The predicted molar refractivity (Wildman–Crippen MR) is 138 cm³/mol. The first-order chi connectivity index (χ1) is 18.0. The number of nitrogens with zero attached hydrogens (tertiary/aromatic N) is 4. The van der Waals surface area contributed by atoms with Crippen molar-refractivity contribution in [2.75, 3.05) is 0 Å². The molecule has 0 aliphatic carbocycles. The molecule has 39 heavy (non-hydrogen) atoms. The van der Waals surface area contributed by atoms with Crippen LogP contribution in [-0.2, 0) is 22.2 Å². The number of imidazole rings is 1. The van der Waals surface area contributed by atoms with Crippen LogP contribution >= 0.6 is 34.8 Å². The topological polar surface area (TPSA) is 111 Å². The van der Waals surface area contributed by atoms with Gasteiger partial charge in [-0.3, -0.25) is 9.59 Å². The summed E-state index contributed by atoms with van der Waals surface area (Å²) in [4.78, 5) is 32.8. The molecule has 1 unspecified atom stereocenters. The molecule has 0 amide bonds. The largest absolute Gasteiger partial charge is 0.481 e. The lowest BCUT2D eigenvalue weighted by Gasteiger charge is -2.20. The molecule has 0 fully saturated rings. The van der Waals surface area contributed by atoms with Crippen LogP contribution in [0.2, 0.25) is 15.1 Å². The van der Waals surface area contributed by atoms with E-state index in [1.807, 2.05) is 20.8 Å². The lowest BCUT2D eigenvalue weighted by molar-refractivity contribution is -0.146.